The highest BCUT2D eigenvalue weighted by Crippen LogP contribution is 2.12. The summed E-state index contributed by atoms with van der Waals surface area (Å²) in [5, 5.41) is 1.18. The molecule has 68 valence electrons. The Hall–Kier alpha value is -1.03. The van der Waals surface area contributed by atoms with Crippen LogP contribution in [0.4, 0.5) is 0 Å². The molecule has 1 unspecified atom stereocenters. The second kappa shape index (κ2) is 4.11. The summed E-state index contributed by atoms with van der Waals surface area (Å²) in [7, 11) is 3.03. The number of likely N-dealkylation sites (N-methyl/N-ethyl adjacent to an activating group) is 1. The van der Waals surface area contributed by atoms with Gasteiger partial charge in [0.15, 0.2) is 6.10 Å². The number of carbonyl (C=O) groups is 1. The van der Waals surface area contributed by atoms with Gasteiger partial charge in [-0.3, -0.25) is 9.63 Å². The topological polar surface area (TPSA) is 38.8 Å². The zero-order valence-corrected chi connectivity index (χ0v) is 7.32. The van der Waals surface area contributed by atoms with Gasteiger partial charge in [0.2, 0.25) is 0 Å². The van der Waals surface area contributed by atoms with Gasteiger partial charge in [-0.05, 0) is 18.9 Å². The Morgan fingerprint density at radius 3 is 3.00 bits per heavy atom. The van der Waals surface area contributed by atoms with Crippen molar-refractivity contribution in [2.45, 2.75) is 18.9 Å². The highest BCUT2D eigenvalue weighted by molar-refractivity contribution is 5.79. The summed E-state index contributed by atoms with van der Waals surface area (Å²) in [5.41, 5.74) is 0. The van der Waals surface area contributed by atoms with Crippen molar-refractivity contribution in [3.63, 3.8) is 0 Å². The van der Waals surface area contributed by atoms with Gasteiger partial charge < -0.3 is 4.74 Å². The van der Waals surface area contributed by atoms with Gasteiger partial charge in [0.05, 0.1) is 13.4 Å². The lowest BCUT2D eigenvalue weighted by molar-refractivity contribution is -0.178. The Morgan fingerprint density at radius 1 is 1.75 bits per heavy atom. The molecule has 0 aromatic heterocycles. The molecule has 0 aliphatic carbocycles. The van der Waals surface area contributed by atoms with Crippen molar-refractivity contribution < 1.29 is 14.4 Å². The highest BCUT2D eigenvalue weighted by atomic mass is 16.7. The second-order valence-corrected chi connectivity index (χ2v) is 2.59. The molecule has 0 spiro atoms. The fourth-order valence-corrected chi connectivity index (χ4v) is 1.01. The molecule has 0 aromatic carbocycles. The van der Waals surface area contributed by atoms with Crippen molar-refractivity contribution in [3.05, 3.63) is 12.3 Å². The molecule has 1 amide bonds. The van der Waals surface area contributed by atoms with Gasteiger partial charge in [-0.25, -0.2) is 5.06 Å². The summed E-state index contributed by atoms with van der Waals surface area (Å²) < 4.78 is 5.11. The maximum Gasteiger partial charge on any atom is 0.286 e. The molecule has 0 bridgehead atoms. The third kappa shape index (κ3) is 1.98. The Bertz CT molecular complexity index is 191. The molecule has 0 saturated carbocycles. The average molecular weight is 171 g/mol. The Morgan fingerprint density at radius 2 is 2.50 bits per heavy atom. The Balaban J connectivity index is 2.46. The third-order valence-electron chi connectivity index (χ3n) is 1.79. The van der Waals surface area contributed by atoms with Crippen molar-refractivity contribution in [3.8, 4) is 0 Å². The highest BCUT2D eigenvalue weighted by Gasteiger charge is 2.23. The molecule has 0 N–H and O–H groups in total. The zero-order chi connectivity index (χ0) is 8.97. The van der Waals surface area contributed by atoms with Gasteiger partial charge in [-0.2, -0.15) is 0 Å². The van der Waals surface area contributed by atoms with Crippen LogP contribution < -0.4 is 0 Å². The molecule has 0 fully saturated rings. The van der Waals surface area contributed by atoms with Gasteiger partial charge in [-0.15, -0.1) is 0 Å². The van der Waals surface area contributed by atoms with Crippen LogP contribution in [0.2, 0.25) is 0 Å². The summed E-state index contributed by atoms with van der Waals surface area (Å²) in [6.07, 6.45) is 4.70. The third-order valence-corrected chi connectivity index (χ3v) is 1.79. The predicted octanol–water partition coefficient (Wildman–Crippen LogP) is 0.699. The van der Waals surface area contributed by atoms with Crippen molar-refractivity contribution in [2.75, 3.05) is 14.2 Å². The van der Waals surface area contributed by atoms with Crippen LogP contribution in [0.15, 0.2) is 12.3 Å². The molecule has 12 heavy (non-hydrogen) atoms. The van der Waals surface area contributed by atoms with E-state index >= 15 is 0 Å². The molecule has 0 radical (unpaired) electrons. The fraction of sp³-hybridized carbons (Fsp3) is 0.625. The first-order valence-electron chi connectivity index (χ1n) is 3.88. The van der Waals surface area contributed by atoms with Crippen LogP contribution in [-0.4, -0.2) is 31.2 Å². The van der Waals surface area contributed by atoms with E-state index in [1.54, 1.807) is 13.3 Å². The first-order chi connectivity index (χ1) is 5.75. The van der Waals surface area contributed by atoms with Crippen LogP contribution in [0.25, 0.3) is 0 Å². The van der Waals surface area contributed by atoms with E-state index in [1.807, 2.05) is 6.08 Å². The van der Waals surface area contributed by atoms with Crippen molar-refractivity contribution >= 4 is 5.91 Å². The van der Waals surface area contributed by atoms with Crippen LogP contribution in [0, 0.1) is 0 Å². The summed E-state index contributed by atoms with van der Waals surface area (Å²) in [6, 6.07) is 0. The van der Waals surface area contributed by atoms with Crippen molar-refractivity contribution in [1.82, 2.24) is 5.06 Å². The number of hydrogen-bond donors (Lipinski definition) is 0. The van der Waals surface area contributed by atoms with Crippen LogP contribution >= 0.6 is 0 Å². The van der Waals surface area contributed by atoms with Gasteiger partial charge in [0.1, 0.15) is 0 Å². The smallest absolute Gasteiger partial charge is 0.286 e. The van der Waals surface area contributed by atoms with E-state index in [-0.39, 0.29) is 12.0 Å². The van der Waals surface area contributed by atoms with E-state index < -0.39 is 0 Å². The molecule has 4 heteroatoms. The minimum Gasteiger partial charge on any atom is -0.488 e. The predicted molar refractivity (Wildman–Crippen MR) is 43.0 cm³/mol. The lowest BCUT2D eigenvalue weighted by Gasteiger charge is -2.22. The summed E-state index contributed by atoms with van der Waals surface area (Å²) in [6.45, 7) is 0. The molecule has 1 aliphatic rings. The monoisotopic (exact) mass is 171 g/mol. The number of ether oxygens (including phenoxy) is 1. The first kappa shape index (κ1) is 9.06. The van der Waals surface area contributed by atoms with E-state index in [0.717, 1.165) is 12.8 Å². The number of allylic oxidation sites excluding steroid dienone is 1. The van der Waals surface area contributed by atoms with Crippen LogP contribution in [0.5, 0.6) is 0 Å². The summed E-state index contributed by atoms with van der Waals surface area (Å²) in [4.78, 5) is 16.1. The average Bonchev–Trinajstić information content (AvgIpc) is 2.17. The summed E-state index contributed by atoms with van der Waals surface area (Å²) >= 11 is 0. The number of hydrogen-bond acceptors (Lipinski definition) is 3. The van der Waals surface area contributed by atoms with Gasteiger partial charge in [0, 0.05) is 7.05 Å². The SMILES string of the molecule is CON(C)C(=O)C1CCC=CO1. The maximum atomic E-state index is 11.4. The minimum absolute atomic E-state index is 0.137. The number of hydroxylamine groups is 2. The van der Waals surface area contributed by atoms with Gasteiger partial charge in [0.25, 0.3) is 5.91 Å². The van der Waals surface area contributed by atoms with Crippen molar-refractivity contribution in [1.29, 1.82) is 0 Å². The van der Waals surface area contributed by atoms with Crippen LogP contribution in [0.1, 0.15) is 12.8 Å². The lowest BCUT2D eigenvalue weighted by Crippen LogP contribution is -2.37. The molecule has 0 saturated heterocycles. The molecule has 1 rings (SSSR count). The molecule has 1 aliphatic heterocycles. The lowest BCUT2D eigenvalue weighted by atomic mass is 10.1. The zero-order valence-electron chi connectivity index (χ0n) is 7.32. The standard InChI is InChI=1S/C8H13NO3/c1-9(11-2)8(10)7-5-3-4-6-12-7/h4,6-7H,3,5H2,1-2H3. The largest absolute Gasteiger partial charge is 0.488 e. The molecular formula is C8H13NO3. The normalized spacial score (nSPS) is 21.7. The molecular weight excluding hydrogens is 158 g/mol. The van der Waals surface area contributed by atoms with Crippen molar-refractivity contribution in [2.24, 2.45) is 0 Å². The van der Waals surface area contributed by atoms with Gasteiger partial charge in [-0.1, -0.05) is 0 Å². The fourth-order valence-electron chi connectivity index (χ4n) is 1.01. The quantitative estimate of drug-likeness (QED) is 0.574. The van der Waals surface area contributed by atoms with Gasteiger partial charge >= 0.3 is 0 Å². The van der Waals surface area contributed by atoms with E-state index in [0.29, 0.717) is 0 Å². The number of amides is 1. The Kier molecular flexibility index (Phi) is 3.10. The maximum absolute atomic E-state index is 11.4. The minimum atomic E-state index is -0.375. The van der Waals surface area contributed by atoms with E-state index in [1.165, 1.54) is 12.2 Å². The van der Waals surface area contributed by atoms with Crippen LogP contribution in [0.3, 0.4) is 0 Å². The van der Waals surface area contributed by atoms with E-state index in [9.17, 15) is 4.79 Å². The van der Waals surface area contributed by atoms with E-state index in [4.69, 9.17) is 9.57 Å². The Labute approximate surface area is 71.7 Å². The first-order valence-corrected chi connectivity index (χ1v) is 3.88. The van der Waals surface area contributed by atoms with E-state index in [2.05, 4.69) is 0 Å². The molecule has 0 aromatic rings. The number of nitrogens with zero attached hydrogens (tertiary/aromatic N) is 1. The summed E-state index contributed by atoms with van der Waals surface area (Å²) in [5.74, 6) is -0.137. The van der Waals surface area contributed by atoms with Crippen LogP contribution in [-0.2, 0) is 14.4 Å². The second-order valence-electron chi connectivity index (χ2n) is 2.59. The molecule has 4 nitrogen and oxygen atoms in total. The molecule has 1 heterocycles. The number of rotatable bonds is 2. The molecule has 1 atom stereocenters. The number of carbonyl (C=O) groups excluding carboxylic acids is 1.